The van der Waals surface area contributed by atoms with Crippen molar-refractivity contribution in [1.82, 2.24) is 4.90 Å². The van der Waals surface area contributed by atoms with Gasteiger partial charge in [0.2, 0.25) is 17.7 Å². The summed E-state index contributed by atoms with van der Waals surface area (Å²) >= 11 is 12.2. The first-order valence-corrected chi connectivity index (χ1v) is 12.0. The zero-order chi connectivity index (χ0) is 21.4. The van der Waals surface area contributed by atoms with Gasteiger partial charge in [-0.15, -0.1) is 0 Å². The summed E-state index contributed by atoms with van der Waals surface area (Å²) < 4.78 is 0. The van der Waals surface area contributed by atoms with Gasteiger partial charge in [-0.1, -0.05) is 35.4 Å². The van der Waals surface area contributed by atoms with Crippen LogP contribution in [0.5, 0.6) is 0 Å². The fraction of sp³-hybridized carbons (Fsp3) is 0.542. The van der Waals surface area contributed by atoms with Gasteiger partial charge >= 0.3 is 0 Å². The molecule has 3 amide bonds. The number of benzene rings is 1. The number of likely N-dealkylation sites (tertiary alicyclic amines) is 1. The minimum absolute atomic E-state index is 0.0401. The minimum Gasteiger partial charge on any atom is -0.324 e. The average Bonchev–Trinajstić information content (AvgIpc) is 3.54. The topological polar surface area (TPSA) is 66.5 Å². The number of rotatable bonds is 3. The van der Waals surface area contributed by atoms with Gasteiger partial charge in [-0.25, -0.2) is 0 Å². The molecule has 3 saturated carbocycles. The molecule has 7 heteroatoms. The van der Waals surface area contributed by atoms with E-state index in [1.54, 1.807) is 23.1 Å². The normalized spacial score (nSPS) is 40.0. The second-order valence-corrected chi connectivity index (χ2v) is 10.7. The van der Waals surface area contributed by atoms with Crippen LogP contribution in [0, 0.1) is 41.4 Å². The van der Waals surface area contributed by atoms with Crippen LogP contribution < -0.4 is 5.32 Å². The predicted molar refractivity (Wildman–Crippen MR) is 117 cm³/mol. The summed E-state index contributed by atoms with van der Waals surface area (Å²) in [5, 5.41) is 3.84. The summed E-state index contributed by atoms with van der Waals surface area (Å²) in [5.41, 5.74) is 0.511. The molecular weight excluding hydrogens is 435 g/mol. The van der Waals surface area contributed by atoms with Crippen molar-refractivity contribution in [3.63, 3.8) is 0 Å². The van der Waals surface area contributed by atoms with E-state index in [2.05, 4.69) is 17.5 Å². The third-order valence-corrected chi connectivity index (χ3v) is 8.88. The number of hydrogen-bond donors (Lipinski definition) is 1. The van der Waals surface area contributed by atoms with Crippen molar-refractivity contribution in [3.8, 4) is 0 Å². The third-order valence-electron chi connectivity index (χ3n) is 8.32. The Bertz CT molecular complexity index is 980. The highest BCUT2D eigenvalue weighted by molar-refractivity contribution is 6.35. The number of imide groups is 1. The number of carbonyl (C=O) groups excluding carboxylic acids is 3. The summed E-state index contributed by atoms with van der Waals surface area (Å²) in [6.07, 6.45) is 8.23. The van der Waals surface area contributed by atoms with Crippen LogP contribution >= 0.6 is 23.2 Å². The molecule has 0 spiro atoms. The Balaban J connectivity index is 1.12. The molecule has 6 aliphatic rings. The lowest BCUT2D eigenvalue weighted by Gasteiger charge is -2.37. The molecule has 0 aromatic heterocycles. The quantitative estimate of drug-likeness (QED) is 0.533. The Morgan fingerprint density at radius 1 is 0.935 bits per heavy atom. The van der Waals surface area contributed by atoms with Gasteiger partial charge in [0.05, 0.1) is 22.5 Å². The zero-order valence-corrected chi connectivity index (χ0v) is 18.5. The van der Waals surface area contributed by atoms with E-state index in [9.17, 15) is 14.4 Å². The maximum atomic E-state index is 13.3. The van der Waals surface area contributed by atoms with Crippen molar-refractivity contribution in [1.29, 1.82) is 0 Å². The van der Waals surface area contributed by atoms with Crippen LogP contribution in [0.4, 0.5) is 5.69 Å². The van der Waals surface area contributed by atoms with Crippen molar-refractivity contribution in [3.05, 3.63) is 40.4 Å². The molecule has 0 unspecified atom stereocenters. The number of hydrogen-bond acceptors (Lipinski definition) is 3. The molecular formula is C24H24Cl2N2O3. The van der Waals surface area contributed by atoms with E-state index in [1.165, 1.54) is 6.42 Å². The number of nitrogens with zero attached hydrogens (tertiary/aromatic N) is 1. The molecule has 1 aliphatic heterocycles. The van der Waals surface area contributed by atoms with Crippen LogP contribution in [0.15, 0.2) is 30.4 Å². The Morgan fingerprint density at radius 2 is 1.55 bits per heavy atom. The predicted octanol–water partition coefficient (Wildman–Crippen LogP) is 4.54. The van der Waals surface area contributed by atoms with Gasteiger partial charge < -0.3 is 5.32 Å². The summed E-state index contributed by atoms with van der Waals surface area (Å²) in [7, 11) is 0. The number of carbonyl (C=O) groups is 3. The highest BCUT2D eigenvalue weighted by Crippen LogP contribution is 2.65. The first-order valence-electron chi connectivity index (χ1n) is 11.2. The Kier molecular flexibility index (Phi) is 4.52. The lowest BCUT2D eigenvalue weighted by molar-refractivity contribution is -0.144. The van der Waals surface area contributed by atoms with Crippen LogP contribution in [0.25, 0.3) is 0 Å². The van der Waals surface area contributed by atoms with Crippen LogP contribution in [0.3, 0.4) is 0 Å². The molecule has 31 heavy (non-hydrogen) atoms. The summed E-state index contributed by atoms with van der Waals surface area (Å²) in [5.74, 6) is 1.30. The molecule has 1 N–H and O–H groups in total. The van der Waals surface area contributed by atoms with Crippen molar-refractivity contribution >= 4 is 46.6 Å². The summed E-state index contributed by atoms with van der Waals surface area (Å²) in [6, 6.07) is 4.90. The molecule has 4 fully saturated rings. The second kappa shape index (κ2) is 7.08. The Hall–Kier alpha value is -1.85. The SMILES string of the molecule is O=C(Nc1cc(Cl)ccc1Cl)C1CCC(N2C(=O)[C@@H]3[C@H]4C=C[C@@H]([C@@H]5C[C@@H]45)[C@H]3C2=O)CC1. The highest BCUT2D eigenvalue weighted by atomic mass is 35.5. The Morgan fingerprint density at radius 3 is 2.16 bits per heavy atom. The molecule has 1 heterocycles. The fourth-order valence-electron chi connectivity index (χ4n) is 6.76. The van der Waals surface area contributed by atoms with E-state index in [0.717, 1.165) is 0 Å². The number of halogens is 2. The smallest absolute Gasteiger partial charge is 0.233 e. The first-order chi connectivity index (χ1) is 14.9. The van der Waals surface area contributed by atoms with Crippen LogP contribution in [0.1, 0.15) is 32.1 Å². The van der Waals surface area contributed by atoms with E-state index in [-0.39, 0.29) is 53.4 Å². The van der Waals surface area contributed by atoms with Crippen molar-refractivity contribution in [2.24, 2.45) is 41.4 Å². The van der Waals surface area contributed by atoms with Crippen LogP contribution in [0.2, 0.25) is 10.0 Å². The lowest BCUT2D eigenvalue weighted by atomic mass is 9.63. The van der Waals surface area contributed by atoms with Crippen LogP contribution in [-0.2, 0) is 14.4 Å². The van der Waals surface area contributed by atoms with Gasteiger partial charge in [-0.2, -0.15) is 0 Å². The van der Waals surface area contributed by atoms with Gasteiger partial charge in [0.15, 0.2) is 0 Å². The third kappa shape index (κ3) is 3.00. The summed E-state index contributed by atoms with van der Waals surface area (Å²) in [6.45, 7) is 0. The van der Waals surface area contributed by atoms with Crippen molar-refractivity contribution in [2.75, 3.05) is 5.32 Å². The number of allylic oxidation sites excluding steroid dienone is 2. The van der Waals surface area contributed by atoms with Gasteiger partial charge in [-0.05, 0) is 74.0 Å². The van der Waals surface area contributed by atoms with Gasteiger partial charge in [0.1, 0.15) is 0 Å². The molecule has 162 valence electrons. The van der Waals surface area contributed by atoms with Gasteiger partial charge in [-0.3, -0.25) is 19.3 Å². The fourth-order valence-corrected chi connectivity index (χ4v) is 7.10. The largest absolute Gasteiger partial charge is 0.324 e. The highest BCUT2D eigenvalue weighted by Gasteiger charge is 2.67. The standard InChI is InChI=1S/C24H24Cl2N2O3/c25-12-3-8-18(26)19(9-12)27-22(29)11-1-4-13(5-2-11)28-23(30)20-14-6-7-15(17-10-16(14)17)21(20)24(28)31/h3,6-9,11,13-17,20-21H,1-2,4-5,10H2,(H,27,29)/t11?,13?,14-,15-,16-,17-,20+,21+/m0/s1. The average molecular weight is 459 g/mol. The molecule has 1 aromatic rings. The van der Waals surface area contributed by atoms with E-state index < -0.39 is 0 Å². The first kappa shape index (κ1) is 19.8. The molecule has 5 nitrogen and oxygen atoms in total. The minimum atomic E-state index is -0.160. The van der Waals surface area contributed by atoms with E-state index in [4.69, 9.17) is 23.2 Å². The zero-order valence-electron chi connectivity index (χ0n) is 17.0. The van der Waals surface area contributed by atoms with Crippen molar-refractivity contribution in [2.45, 2.75) is 38.1 Å². The monoisotopic (exact) mass is 458 g/mol. The lowest BCUT2D eigenvalue weighted by Crippen LogP contribution is -2.44. The van der Waals surface area contributed by atoms with E-state index in [0.29, 0.717) is 53.3 Å². The molecule has 0 radical (unpaired) electrons. The van der Waals surface area contributed by atoms with Crippen LogP contribution in [-0.4, -0.2) is 28.7 Å². The molecule has 2 bridgehead atoms. The second-order valence-electron chi connectivity index (χ2n) is 9.82. The van der Waals surface area contributed by atoms with Gasteiger partial charge in [0.25, 0.3) is 0 Å². The van der Waals surface area contributed by atoms with Crippen molar-refractivity contribution < 1.29 is 14.4 Å². The van der Waals surface area contributed by atoms with E-state index in [1.807, 2.05) is 0 Å². The molecule has 5 aliphatic carbocycles. The summed E-state index contributed by atoms with van der Waals surface area (Å²) in [4.78, 5) is 40.9. The number of anilines is 1. The number of nitrogens with one attached hydrogen (secondary N) is 1. The molecule has 6 atom stereocenters. The molecule has 7 rings (SSSR count). The van der Waals surface area contributed by atoms with Gasteiger partial charge in [0, 0.05) is 17.0 Å². The van der Waals surface area contributed by atoms with E-state index >= 15 is 0 Å². The Labute approximate surface area is 191 Å². The molecule has 1 aromatic carbocycles. The maximum absolute atomic E-state index is 13.3. The number of amides is 3. The maximum Gasteiger partial charge on any atom is 0.233 e. The molecule has 1 saturated heterocycles.